The topological polar surface area (TPSA) is 52.6 Å². The Hall–Kier alpha value is -0.980. The molecule has 6 heteroatoms. The van der Waals surface area contributed by atoms with E-state index in [9.17, 15) is 14.3 Å². The van der Waals surface area contributed by atoms with Gasteiger partial charge in [0.1, 0.15) is 11.4 Å². The molecular weight excluding hydrogens is 315 g/mol. The molecule has 1 unspecified atom stereocenters. The van der Waals surface area contributed by atoms with Crippen LogP contribution in [0.3, 0.4) is 0 Å². The van der Waals surface area contributed by atoms with Gasteiger partial charge in [0.05, 0.1) is 0 Å². The summed E-state index contributed by atoms with van der Waals surface area (Å²) in [6, 6.07) is 4.01. The molecule has 1 aromatic carbocycles. The zero-order valence-electron chi connectivity index (χ0n) is 11.2. The van der Waals surface area contributed by atoms with E-state index in [1.807, 2.05) is 19.0 Å². The summed E-state index contributed by atoms with van der Waals surface area (Å²) in [4.78, 5) is 13.5. The summed E-state index contributed by atoms with van der Waals surface area (Å²) in [6.07, 6.45) is 0. The zero-order chi connectivity index (χ0) is 14.6. The molecule has 0 bridgehead atoms. The number of hydrogen-bond donors (Lipinski definition) is 2. The van der Waals surface area contributed by atoms with E-state index in [2.05, 4.69) is 21.2 Å². The minimum Gasteiger partial charge on any atom is -0.480 e. The summed E-state index contributed by atoms with van der Waals surface area (Å²) in [6.45, 7) is 2.80. The minimum absolute atomic E-state index is 0.406. The monoisotopic (exact) mass is 332 g/mol. The fourth-order valence-corrected chi connectivity index (χ4v) is 2.46. The molecule has 106 valence electrons. The van der Waals surface area contributed by atoms with Crippen molar-refractivity contribution in [3.05, 3.63) is 34.1 Å². The lowest BCUT2D eigenvalue weighted by molar-refractivity contribution is -0.144. The van der Waals surface area contributed by atoms with Gasteiger partial charge in [-0.2, -0.15) is 0 Å². The highest BCUT2D eigenvalue weighted by molar-refractivity contribution is 9.10. The van der Waals surface area contributed by atoms with E-state index < -0.39 is 17.3 Å². The van der Waals surface area contributed by atoms with Crippen molar-refractivity contribution in [1.29, 1.82) is 0 Å². The molecule has 0 saturated carbocycles. The molecule has 0 aliphatic rings. The average Bonchev–Trinajstić information content (AvgIpc) is 2.27. The molecule has 0 saturated heterocycles. The highest BCUT2D eigenvalue weighted by Gasteiger charge is 2.36. The first-order valence-corrected chi connectivity index (χ1v) is 6.65. The Balaban J connectivity index is 3.01. The van der Waals surface area contributed by atoms with Gasteiger partial charge in [-0.3, -0.25) is 5.32 Å². The van der Waals surface area contributed by atoms with Crippen molar-refractivity contribution in [2.45, 2.75) is 12.5 Å². The first kappa shape index (κ1) is 16.1. The average molecular weight is 333 g/mol. The highest BCUT2D eigenvalue weighted by Crippen LogP contribution is 2.29. The molecule has 0 fully saturated rings. The second-order valence-corrected chi connectivity index (χ2v) is 5.64. The second-order valence-electron chi connectivity index (χ2n) is 4.78. The highest BCUT2D eigenvalue weighted by atomic mass is 79.9. The Morgan fingerprint density at radius 3 is 2.63 bits per heavy atom. The van der Waals surface area contributed by atoms with Crippen molar-refractivity contribution in [1.82, 2.24) is 10.2 Å². The molecule has 19 heavy (non-hydrogen) atoms. The number of hydrogen-bond acceptors (Lipinski definition) is 3. The number of nitrogens with one attached hydrogen (secondary N) is 1. The Morgan fingerprint density at radius 2 is 2.16 bits per heavy atom. The zero-order valence-corrected chi connectivity index (χ0v) is 12.8. The number of likely N-dealkylation sites (N-methyl/N-ethyl adjacent to an activating group) is 1. The van der Waals surface area contributed by atoms with Crippen molar-refractivity contribution in [3.8, 4) is 0 Å². The van der Waals surface area contributed by atoms with Crippen LogP contribution in [0.4, 0.5) is 4.39 Å². The van der Waals surface area contributed by atoms with Gasteiger partial charge in [-0.15, -0.1) is 0 Å². The van der Waals surface area contributed by atoms with Crippen LogP contribution in [0.15, 0.2) is 22.7 Å². The lowest BCUT2D eigenvalue weighted by atomic mass is 9.92. The predicted octanol–water partition coefficient (Wildman–Crippen LogP) is 2.04. The van der Waals surface area contributed by atoms with Crippen LogP contribution in [-0.4, -0.2) is 43.2 Å². The van der Waals surface area contributed by atoms with Crippen molar-refractivity contribution >= 4 is 21.9 Å². The SMILES string of the molecule is CN(C)CCNC(C)(C(=O)O)c1ccc(F)cc1Br. The number of rotatable bonds is 6. The molecule has 0 amide bonds. The third-order valence-electron chi connectivity index (χ3n) is 2.94. The summed E-state index contributed by atoms with van der Waals surface area (Å²) in [7, 11) is 3.82. The van der Waals surface area contributed by atoms with Crippen LogP contribution in [0.5, 0.6) is 0 Å². The number of carbonyl (C=O) groups is 1. The van der Waals surface area contributed by atoms with Gasteiger partial charge in [0, 0.05) is 17.6 Å². The van der Waals surface area contributed by atoms with Gasteiger partial charge in [0.15, 0.2) is 0 Å². The lowest BCUT2D eigenvalue weighted by Gasteiger charge is -2.28. The van der Waals surface area contributed by atoms with Crippen molar-refractivity contribution in [2.24, 2.45) is 0 Å². The van der Waals surface area contributed by atoms with Gasteiger partial charge in [0.25, 0.3) is 0 Å². The molecule has 0 aliphatic carbocycles. The van der Waals surface area contributed by atoms with Gasteiger partial charge < -0.3 is 10.0 Å². The molecular formula is C13H18BrFN2O2. The summed E-state index contributed by atoms with van der Waals surface area (Å²) in [5.74, 6) is -1.41. The molecule has 0 aromatic heterocycles. The second kappa shape index (κ2) is 6.45. The maximum absolute atomic E-state index is 13.1. The maximum Gasteiger partial charge on any atom is 0.328 e. The number of halogens is 2. The normalized spacial score (nSPS) is 14.4. The predicted molar refractivity (Wildman–Crippen MR) is 75.6 cm³/mol. The molecule has 1 aromatic rings. The van der Waals surface area contributed by atoms with E-state index in [0.29, 0.717) is 23.1 Å². The quantitative estimate of drug-likeness (QED) is 0.837. The number of carboxylic acid groups (broad SMARTS) is 1. The van der Waals surface area contributed by atoms with Gasteiger partial charge in [-0.25, -0.2) is 9.18 Å². The fourth-order valence-electron chi connectivity index (χ4n) is 1.71. The largest absolute Gasteiger partial charge is 0.480 e. The van der Waals surface area contributed by atoms with Crippen molar-refractivity contribution in [2.75, 3.05) is 27.2 Å². The fraction of sp³-hybridized carbons (Fsp3) is 0.462. The first-order chi connectivity index (χ1) is 8.77. The summed E-state index contributed by atoms with van der Waals surface area (Å²) >= 11 is 3.22. The van der Waals surface area contributed by atoms with E-state index >= 15 is 0 Å². The van der Waals surface area contributed by atoms with Gasteiger partial charge >= 0.3 is 5.97 Å². The van der Waals surface area contributed by atoms with Gasteiger partial charge in [-0.05, 0) is 38.7 Å². The van der Waals surface area contributed by atoms with Crippen LogP contribution >= 0.6 is 15.9 Å². The van der Waals surface area contributed by atoms with Crippen molar-refractivity contribution < 1.29 is 14.3 Å². The van der Waals surface area contributed by atoms with Crippen LogP contribution in [-0.2, 0) is 10.3 Å². The minimum atomic E-state index is -1.26. The number of aliphatic carboxylic acids is 1. The Labute approximate surface area is 120 Å². The Kier molecular flexibility index (Phi) is 5.46. The lowest BCUT2D eigenvalue weighted by Crippen LogP contribution is -2.49. The first-order valence-electron chi connectivity index (χ1n) is 5.86. The maximum atomic E-state index is 13.1. The van der Waals surface area contributed by atoms with Crippen LogP contribution in [0.2, 0.25) is 0 Å². The van der Waals surface area contributed by atoms with Crippen LogP contribution in [0, 0.1) is 5.82 Å². The number of carboxylic acids is 1. The van der Waals surface area contributed by atoms with Gasteiger partial charge in [0.2, 0.25) is 0 Å². The van der Waals surface area contributed by atoms with E-state index in [1.54, 1.807) is 6.92 Å². The van der Waals surface area contributed by atoms with Crippen LogP contribution in [0.25, 0.3) is 0 Å². The summed E-state index contributed by atoms with van der Waals surface area (Å²) in [5, 5.41) is 12.5. The Bertz CT molecular complexity index is 468. The third-order valence-corrected chi connectivity index (χ3v) is 3.59. The standard InChI is InChI=1S/C13H18BrFN2O2/c1-13(12(18)19,16-6-7-17(2)3)10-5-4-9(15)8-11(10)14/h4-5,8,16H,6-7H2,1-3H3,(H,18,19). The van der Waals surface area contributed by atoms with Crippen molar-refractivity contribution in [3.63, 3.8) is 0 Å². The molecule has 1 atom stereocenters. The molecule has 0 radical (unpaired) electrons. The van der Waals surface area contributed by atoms with E-state index in [4.69, 9.17) is 0 Å². The Morgan fingerprint density at radius 1 is 1.53 bits per heavy atom. The molecule has 4 nitrogen and oxygen atoms in total. The number of benzene rings is 1. The molecule has 0 heterocycles. The summed E-state index contributed by atoms with van der Waals surface area (Å²) in [5.41, 5.74) is -0.761. The summed E-state index contributed by atoms with van der Waals surface area (Å²) < 4.78 is 13.5. The number of nitrogens with zero attached hydrogens (tertiary/aromatic N) is 1. The van der Waals surface area contributed by atoms with Crippen LogP contribution in [0.1, 0.15) is 12.5 Å². The third kappa shape index (κ3) is 3.99. The molecule has 2 N–H and O–H groups in total. The molecule has 0 spiro atoms. The van der Waals surface area contributed by atoms with Gasteiger partial charge in [-0.1, -0.05) is 22.0 Å². The smallest absolute Gasteiger partial charge is 0.328 e. The van der Waals surface area contributed by atoms with E-state index in [-0.39, 0.29) is 0 Å². The molecule has 0 aliphatic heterocycles. The van der Waals surface area contributed by atoms with Crippen LogP contribution < -0.4 is 5.32 Å². The van der Waals surface area contributed by atoms with E-state index in [0.717, 1.165) is 0 Å². The van der Waals surface area contributed by atoms with E-state index in [1.165, 1.54) is 18.2 Å². The molecule has 1 rings (SSSR count).